The van der Waals surface area contributed by atoms with Gasteiger partial charge in [-0.1, -0.05) is 0 Å². The standard InChI is InChI=1S/C5H10ClNO2/c1-3-7(4-2)9-5(6)8/h3-4H2,1-2H3. The Kier molecular flexibility index (Phi) is 4.44. The number of nitrogens with zero attached hydrogens (tertiary/aromatic N) is 1. The van der Waals surface area contributed by atoms with E-state index in [4.69, 9.17) is 11.6 Å². The first-order valence-electron chi connectivity index (χ1n) is 2.83. The molecular weight excluding hydrogens is 142 g/mol. The van der Waals surface area contributed by atoms with Crippen LogP contribution in [0.5, 0.6) is 0 Å². The van der Waals surface area contributed by atoms with Gasteiger partial charge in [0.1, 0.15) is 0 Å². The number of hydrogen-bond donors (Lipinski definition) is 0. The Morgan fingerprint density at radius 1 is 1.56 bits per heavy atom. The zero-order chi connectivity index (χ0) is 7.28. The molecule has 0 saturated carbocycles. The molecule has 0 aliphatic rings. The molecule has 0 unspecified atom stereocenters. The van der Waals surface area contributed by atoms with E-state index in [-0.39, 0.29) is 0 Å². The maximum absolute atomic E-state index is 10.1. The summed E-state index contributed by atoms with van der Waals surface area (Å²) in [6, 6.07) is 0. The highest BCUT2D eigenvalue weighted by Gasteiger charge is 2.02. The molecule has 0 fully saturated rings. The van der Waals surface area contributed by atoms with E-state index in [0.717, 1.165) is 0 Å². The minimum Gasteiger partial charge on any atom is -0.355 e. The highest BCUT2D eigenvalue weighted by molar-refractivity contribution is 6.61. The summed E-state index contributed by atoms with van der Waals surface area (Å²) in [7, 11) is 0. The second-order valence-corrected chi connectivity index (χ2v) is 1.75. The van der Waals surface area contributed by atoms with Crippen LogP contribution in [-0.4, -0.2) is 23.6 Å². The van der Waals surface area contributed by atoms with Crippen LogP contribution in [0.3, 0.4) is 0 Å². The largest absolute Gasteiger partial charge is 0.422 e. The molecule has 54 valence electrons. The molecule has 0 atom stereocenters. The molecule has 0 bridgehead atoms. The number of carbonyl (C=O) groups excluding carboxylic acids is 1. The van der Waals surface area contributed by atoms with Gasteiger partial charge in [0.15, 0.2) is 0 Å². The van der Waals surface area contributed by atoms with Crippen LogP contribution in [0.2, 0.25) is 0 Å². The molecule has 9 heavy (non-hydrogen) atoms. The van der Waals surface area contributed by atoms with Crippen molar-refractivity contribution in [2.75, 3.05) is 13.1 Å². The SMILES string of the molecule is CCN(CC)OC(=O)Cl. The lowest BCUT2D eigenvalue weighted by atomic mass is 10.6. The van der Waals surface area contributed by atoms with Crippen molar-refractivity contribution < 1.29 is 9.63 Å². The summed E-state index contributed by atoms with van der Waals surface area (Å²) < 4.78 is 0. The minimum absolute atomic E-state index is 0.662. The summed E-state index contributed by atoms with van der Waals surface area (Å²) in [6.07, 6.45) is 0. The van der Waals surface area contributed by atoms with Crippen LogP contribution in [0.15, 0.2) is 0 Å². The molecule has 0 spiro atoms. The third-order valence-electron chi connectivity index (χ3n) is 0.906. The highest BCUT2D eigenvalue weighted by atomic mass is 35.5. The second kappa shape index (κ2) is 4.58. The van der Waals surface area contributed by atoms with E-state index in [1.54, 1.807) is 0 Å². The van der Waals surface area contributed by atoms with Crippen molar-refractivity contribution in [2.24, 2.45) is 0 Å². The van der Waals surface area contributed by atoms with Crippen molar-refractivity contribution in [2.45, 2.75) is 13.8 Å². The Morgan fingerprint density at radius 2 is 2.00 bits per heavy atom. The van der Waals surface area contributed by atoms with Crippen molar-refractivity contribution >= 4 is 17.0 Å². The van der Waals surface area contributed by atoms with E-state index < -0.39 is 5.43 Å². The molecule has 0 amide bonds. The van der Waals surface area contributed by atoms with Crippen molar-refractivity contribution in [1.29, 1.82) is 0 Å². The van der Waals surface area contributed by atoms with Gasteiger partial charge in [-0.3, -0.25) is 0 Å². The molecular formula is C5H10ClNO2. The number of halogens is 1. The number of hydroxylamine groups is 2. The molecule has 0 radical (unpaired) electrons. The van der Waals surface area contributed by atoms with Crippen molar-refractivity contribution in [1.82, 2.24) is 5.06 Å². The van der Waals surface area contributed by atoms with E-state index in [1.165, 1.54) is 5.06 Å². The van der Waals surface area contributed by atoms with Crippen LogP contribution in [-0.2, 0) is 4.84 Å². The predicted molar refractivity (Wildman–Crippen MR) is 35.3 cm³/mol. The first kappa shape index (κ1) is 8.72. The van der Waals surface area contributed by atoms with Crippen molar-refractivity contribution in [3.8, 4) is 0 Å². The molecule has 0 aromatic heterocycles. The summed E-state index contributed by atoms with van der Waals surface area (Å²) >= 11 is 4.93. The third-order valence-corrected chi connectivity index (χ3v) is 0.975. The highest BCUT2D eigenvalue weighted by Crippen LogP contribution is 1.93. The average molecular weight is 152 g/mol. The molecule has 0 heterocycles. The van der Waals surface area contributed by atoms with Gasteiger partial charge < -0.3 is 4.84 Å². The van der Waals surface area contributed by atoms with Crippen LogP contribution in [0.1, 0.15) is 13.8 Å². The smallest absolute Gasteiger partial charge is 0.355 e. The minimum atomic E-state index is -0.779. The third kappa shape index (κ3) is 4.24. The van der Waals surface area contributed by atoms with Gasteiger partial charge in [-0.15, -0.1) is 5.06 Å². The summed E-state index contributed by atoms with van der Waals surface area (Å²) in [5.41, 5.74) is -0.779. The Balaban J connectivity index is 3.43. The molecule has 0 rings (SSSR count). The van der Waals surface area contributed by atoms with Gasteiger partial charge in [-0.25, -0.2) is 4.79 Å². The molecule has 0 aliphatic carbocycles. The van der Waals surface area contributed by atoms with Gasteiger partial charge in [0.05, 0.1) is 0 Å². The van der Waals surface area contributed by atoms with E-state index in [1.807, 2.05) is 13.8 Å². The van der Waals surface area contributed by atoms with Gasteiger partial charge in [-0.05, 0) is 13.8 Å². The van der Waals surface area contributed by atoms with Gasteiger partial charge in [0.2, 0.25) is 0 Å². The fraction of sp³-hybridized carbons (Fsp3) is 0.800. The molecule has 0 aromatic rings. The average Bonchev–Trinajstić information content (AvgIpc) is 1.82. The summed E-state index contributed by atoms with van der Waals surface area (Å²) in [5, 5.41) is 1.47. The summed E-state index contributed by atoms with van der Waals surface area (Å²) in [6.45, 7) is 5.08. The van der Waals surface area contributed by atoms with Crippen LogP contribution in [0.4, 0.5) is 4.79 Å². The van der Waals surface area contributed by atoms with Gasteiger partial charge >= 0.3 is 5.43 Å². The van der Waals surface area contributed by atoms with Gasteiger partial charge in [-0.2, -0.15) is 0 Å². The fourth-order valence-corrected chi connectivity index (χ4v) is 0.552. The Bertz CT molecular complexity index is 93.0. The van der Waals surface area contributed by atoms with E-state index in [9.17, 15) is 4.79 Å². The molecule has 0 aromatic carbocycles. The fourth-order valence-electron chi connectivity index (χ4n) is 0.454. The number of carbonyl (C=O) groups is 1. The Labute approximate surface area is 59.5 Å². The van der Waals surface area contributed by atoms with Crippen LogP contribution in [0, 0.1) is 0 Å². The lowest BCUT2D eigenvalue weighted by Crippen LogP contribution is -2.24. The Hall–Kier alpha value is -0.280. The van der Waals surface area contributed by atoms with Crippen molar-refractivity contribution in [3.63, 3.8) is 0 Å². The first-order valence-corrected chi connectivity index (χ1v) is 3.20. The quantitative estimate of drug-likeness (QED) is 0.454. The molecule has 0 saturated heterocycles. The number of rotatable bonds is 3. The normalized spacial score (nSPS) is 9.78. The molecule has 3 nitrogen and oxygen atoms in total. The summed E-state index contributed by atoms with van der Waals surface area (Å²) in [5.74, 6) is 0. The lowest BCUT2D eigenvalue weighted by molar-refractivity contribution is -0.0801. The van der Waals surface area contributed by atoms with Gasteiger partial charge in [0, 0.05) is 24.7 Å². The maximum Gasteiger partial charge on any atom is 0.422 e. The van der Waals surface area contributed by atoms with Crippen LogP contribution < -0.4 is 0 Å². The molecule has 0 aliphatic heterocycles. The first-order chi connectivity index (χ1) is 4.20. The predicted octanol–water partition coefficient (Wildman–Crippen LogP) is 1.62. The lowest BCUT2D eigenvalue weighted by Gasteiger charge is -2.13. The Morgan fingerprint density at radius 3 is 2.11 bits per heavy atom. The molecule has 0 N–H and O–H groups in total. The second-order valence-electron chi connectivity index (χ2n) is 1.44. The van der Waals surface area contributed by atoms with Crippen LogP contribution >= 0.6 is 11.6 Å². The van der Waals surface area contributed by atoms with Crippen LogP contribution in [0.25, 0.3) is 0 Å². The zero-order valence-corrected chi connectivity index (χ0v) is 6.31. The van der Waals surface area contributed by atoms with E-state index >= 15 is 0 Å². The summed E-state index contributed by atoms with van der Waals surface area (Å²) in [4.78, 5) is 14.6. The van der Waals surface area contributed by atoms with E-state index in [2.05, 4.69) is 4.84 Å². The molecule has 4 heteroatoms. The zero-order valence-electron chi connectivity index (χ0n) is 5.56. The monoisotopic (exact) mass is 151 g/mol. The van der Waals surface area contributed by atoms with Gasteiger partial charge in [0.25, 0.3) is 0 Å². The van der Waals surface area contributed by atoms with Crippen molar-refractivity contribution in [3.05, 3.63) is 0 Å². The topological polar surface area (TPSA) is 29.5 Å². The number of hydrogen-bond acceptors (Lipinski definition) is 3. The van der Waals surface area contributed by atoms with E-state index in [0.29, 0.717) is 13.1 Å². The maximum atomic E-state index is 10.1.